The first-order valence-electron chi connectivity index (χ1n) is 22.6. The molecular formula is C49H53F2N9O7. The van der Waals surface area contributed by atoms with Gasteiger partial charge in [0.15, 0.2) is 5.82 Å². The molecule has 2 saturated heterocycles. The minimum Gasteiger partial charge on any atom is -0.465 e. The Morgan fingerprint density at radius 2 is 1.25 bits per heavy atom. The van der Waals surface area contributed by atoms with Crippen LogP contribution in [0.4, 0.5) is 18.4 Å². The second kappa shape index (κ2) is 18.2. The van der Waals surface area contributed by atoms with Gasteiger partial charge in [0, 0.05) is 40.7 Å². The second-order valence-corrected chi connectivity index (χ2v) is 18.0. The lowest BCUT2D eigenvalue weighted by Crippen LogP contribution is -2.51. The maximum absolute atomic E-state index is 17.3. The van der Waals surface area contributed by atoms with Crippen molar-refractivity contribution in [1.29, 1.82) is 0 Å². The van der Waals surface area contributed by atoms with Crippen LogP contribution in [0.2, 0.25) is 0 Å². The summed E-state index contributed by atoms with van der Waals surface area (Å²) in [5, 5.41) is 5.68. The molecule has 6 aromatic rings. The van der Waals surface area contributed by atoms with E-state index in [1.807, 2.05) is 52.0 Å². The number of benzene rings is 3. The molecular weight excluding hydrogens is 865 g/mol. The molecule has 0 bridgehead atoms. The number of aromatic nitrogens is 5. The van der Waals surface area contributed by atoms with Gasteiger partial charge in [-0.3, -0.25) is 14.2 Å². The maximum atomic E-state index is 17.3. The molecule has 18 heteroatoms. The van der Waals surface area contributed by atoms with Crippen molar-refractivity contribution >= 4 is 34.9 Å². The number of nitrogens with zero attached hydrogens (tertiary/aromatic N) is 5. The zero-order chi connectivity index (χ0) is 47.3. The van der Waals surface area contributed by atoms with Crippen LogP contribution >= 0.6 is 0 Å². The molecule has 6 heterocycles. The zero-order valence-corrected chi connectivity index (χ0v) is 38.1. The van der Waals surface area contributed by atoms with Crippen LogP contribution in [0.15, 0.2) is 73.1 Å². The van der Waals surface area contributed by atoms with Gasteiger partial charge in [0.05, 0.1) is 61.3 Å². The molecule has 0 spiro atoms. The minimum atomic E-state index is -0.868. The van der Waals surface area contributed by atoms with Gasteiger partial charge in [-0.15, -0.1) is 0 Å². The molecule has 0 aliphatic carbocycles. The third-order valence-corrected chi connectivity index (χ3v) is 13.1. The lowest BCUT2D eigenvalue weighted by Gasteiger charge is -2.30. The molecule has 4 amide bonds. The largest absolute Gasteiger partial charge is 0.465 e. The number of hydrogen-bond donors (Lipinski definition) is 4. The predicted molar refractivity (Wildman–Crippen MR) is 243 cm³/mol. The number of nitrogens with one attached hydrogen (secondary N) is 4. The number of halogens is 2. The first kappa shape index (κ1) is 44.9. The highest BCUT2D eigenvalue weighted by molar-refractivity contribution is 5.93. The smallest absolute Gasteiger partial charge is 0.407 e. The highest BCUT2D eigenvalue weighted by atomic mass is 19.1. The maximum Gasteiger partial charge on any atom is 0.407 e. The number of amides is 4. The van der Waals surface area contributed by atoms with Crippen molar-refractivity contribution in [3.63, 3.8) is 0 Å². The van der Waals surface area contributed by atoms with E-state index in [0.29, 0.717) is 93.6 Å². The van der Waals surface area contributed by atoms with Crippen molar-refractivity contribution in [1.82, 2.24) is 44.9 Å². The van der Waals surface area contributed by atoms with Gasteiger partial charge >= 0.3 is 12.2 Å². The van der Waals surface area contributed by atoms with Crippen LogP contribution < -0.4 is 15.4 Å². The molecule has 1 unspecified atom stereocenters. The monoisotopic (exact) mass is 917 g/mol. The third-order valence-electron chi connectivity index (χ3n) is 13.1. The van der Waals surface area contributed by atoms with E-state index in [1.165, 1.54) is 26.4 Å². The van der Waals surface area contributed by atoms with Crippen molar-refractivity contribution in [3.8, 4) is 39.5 Å². The first-order chi connectivity index (χ1) is 32.3. The molecule has 67 heavy (non-hydrogen) atoms. The number of ether oxygens (including phenoxy) is 3. The number of imidazole rings is 2. The van der Waals surface area contributed by atoms with Gasteiger partial charge in [-0.25, -0.2) is 28.3 Å². The normalized spacial score (nSPS) is 18.7. The van der Waals surface area contributed by atoms with Crippen LogP contribution in [0.5, 0.6) is 5.75 Å². The molecule has 350 valence electrons. The highest BCUT2D eigenvalue weighted by Gasteiger charge is 2.40. The van der Waals surface area contributed by atoms with Gasteiger partial charge in [0.2, 0.25) is 18.0 Å². The molecule has 2 fully saturated rings. The number of aromatic amines is 2. The standard InChI is InChI=1S/C49H53F2N9O7/c1-25(2)40(56-48(63)65-5)45(61)58-19-7-9-36(58)43-52-23-33(54-43)28-14-18-35-32(21-28)39(51)42-31-17-13-29(22-38(31)67-47(60(35)42)27-11-15-30(50)16-12-27)34-24-53-44(55-34)37-10-8-20-59(37)46(62)41(26(3)4)57-49(64)66-6/h11-18,21-26,36-37,40-41,47H,7-10,19-20H2,1-6H3,(H,52,54)(H,53,55)(H,56,63)(H,57,64)/t36-,37-,40-,41-,47?/m0/s1. The molecule has 3 aromatic heterocycles. The lowest BCUT2D eigenvalue weighted by atomic mass is 10.0. The Bertz CT molecular complexity index is 2850. The summed E-state index contributed by atoms with van der Waals surface area (Å²) in [6.45, 7) is 8.45. The summed E-state index contributed by atoms with van der Waals surface area (Å²) < 4.78 is 49.6. The fourth-order valence-corrected chi connectivity index (χ4v) is 9.63. The molecule has 0 saturated carbocycles. The quantitative estimate of drug-likeness (QED) is 0.0990. The number of hydrogen-bond acceptors (Lipinski definition) is 9. The summed E-state index contributed by atoms with van der Waals surface area (Å²) >= 11 is 0. The number of likely N-dealkylation sites (tertiary alicyclic amines) is 2. The van der Waals surface area contributed by atoms with E-state index in [-0.39, 0.29) is 35.7 Å². The third kappa shape index (κ3) is 8.33. The molecule has 16 nitrogen and oxygen atoms in total. The molecule has 5 atom stereocenters. The van der Waals surface area contributed by atoms with Crippen LogP contribution in [-0.4, -0.2) is 97.7 Å². The van der Waals surface area contributed by atoms with E-state index in [9.17, 15) is 23.6 Å². The topological polar surface area (TPSA) is 189 Å². The van der Waals surface area contributed by atoms with E-state index in [1.54, 1.807) is 51.0 Å². The van der Waals surface area contributed by atoms with E-state index < -0.39 is 42.1 Å². The fraction of sp³-hybridized carbons (Fsp3) is 0.388. The van der Waals surface area contributed by atoms with Crippen molar-refractivity contribution in [2.45, 2.75) is 83.8 Å². The summed E-state index contributed by atoms with van der Waals surface area (Å²) in [6.07, 6.45) is 4.01. The Hall–Kier alpha value is -7.24. The van der Waals surface area contributed by atoms with Gasteiger partial charge in [0.1, 0.15) is 35.3 Å². The summed E-state index contributed by atoms with van der Waals surface area (Å²) in [5.74, 6) is -0.115. The number of H-pyrrole nitrogens is 2. The van der Waals surface area contributed by atoms with E-state index >= 15 is 4.39 Å². The average molecular weight is 918 g/mol. The zero-order valence-electron chi connectivity index (χ0n) is 38.1. The molecule has 4 N–H and O–H groups in total. The minimum absolute atomic E-state index is 0.180. The molecule has 3 aliphatic heterocycles. The van der Waals surface area contributed by atoms with E-state index in [2.05, 4.69) is 25.6 Å². The number of carbonyl (C=O) groups is 4. The van der Waals surface area contributed by atoms with Gasteiger partial charge in [-0.05, 0) is 73.9 Å². The Labute approximate surface area is 385 Å². The second-order valence-electron chi connectivity index (χ2n) is 18.0. The Morgan fingerprint density at radius 3 is 1.78 bits per heavy atom. The van der Waals surface area contributed by atoms with Crippen molar-refractivity contribution in [2.75, 3.05) is 27.3 Å². The van der Waals surface area contributed by atoms with Crippen LogP contribution in [0.3, 0.4) is 0 Å². The van der Waals surface area contributed by atoms with Gasteiger partial charge < -0.3 is 44.6 Å². The average Bonchev–Trinajstić information content (AvgIpc) is 4.19. The SMILES string of the molecule is COC(=O)N[C@H](C(=O)N1CCC[C@H]1c1ncc(-c2ccc3c(c2)OC(c2ccc(F)cc2)n2c-3c(F)c3cc(-c4cnc([C@@H]5CCCN5C(=O)[C@@H](NC(=O)OC)C(C)C)[nH]4)ccc32)[nH]1)C(C)C. The Balaban J connectivity index is 1.03. The highest BCUT2D eigenvalue weighted by Crippen LogP contribution is 2.48. The predicted octanol–water partition coefficient (Wildman–Crippen LogP) is 8.39. The van der Waals surface area contributed by atoms with E-state index in [4.69, 9.17) is 19.2 Å². The first-order valence-corrected chi connectivity index (χ1v) is 22.6. The number of methoxy groups -OCH3 is 2. The lowest BCUT2D eigenvalue weighted by molar-refractivity contribution is -0.136. The molecule has 3 aliphatic rings. The molecule has 3 aromatic carbocycles. The Kier molecular flexibility index (Phi) is 12.2. The van der Waals surface area contributed by atoms with Gasteiger partial charge in [0.25, 0.3) is 0 Å². The summed E-state index contributed by atoms with van der Waals surface area (Å²) in [7, 11) is 2.52. The van der Waals surface area contributed by atoms with Crippen LogP contribution in [-0.2, 0) is 19.1 Å². The van der Waals surface area contributed by atoms with Crippen LogP contribution in [0.1, 0.15) is 88.9 Å². The van der Waals surface area contributed by atoms with Crippen molar-refractivity contribution in [3.05, 3.63) is 102 Å². The number of fused-ring (bicyclic) bond motifs is 5. The number of carbonyl (C=O) groups excluding carboxylic acids is 4. The Morgan fingerprint density at radius 1 is 0.731 bits per heavy atom. The number of rotatable bonds is 11. The number of alkyl carbamates (subject to hydrolysis) is 2. The summed E-state index contributed by atoms with van der Waals surface area (Å²) in [6, 6.07) is 14.6. The van der Waals surface area contributed by atoms with Crippen LogP contribution in [0, 0.1) is 23.5 Å². The van der Waals surface area contributed by atoms with Crippen molar-refractivity contribution < 1.29 is 42.2 Å². The summed E-state index contributed by atoms with van der Waals surface area (Å²) in [5.41, 5.74) is 4.64. The van der Waals surface area contributed by atoms with Crippen molar-refractivity contribution in [2.24, 2.45) is 11.8 Å². The van der Waals surface area contributed by atoms with Gasteiger partial charge in [-0.1, -0.05) is 52.0 Å². The van der Waals surface area contributed by atoms with E-state index in [0.717, 1.165) is 12.8 Å². The van der Waals surface area contributed by atoms with Crippen LogP contribution in [0.25, 0.3) is 44.7 Å². The summed E-state index contributed by atoms with van der Waals surface area (Å²) in [4.78, 5) is 71.4. The molecule has 0 radical (unpaired) electrons. The van der Waals surface area contributed by atoms with Gasteiger partial charge in [-0.2, -0.15) is 0 Å². The fourth-order valence-electron chi connectivity index (χ4n) is 9.63. The molecule has 9 rings (SSSR count).